The van der Waals surface area contributed by atoms with Gasteiger partial charge in [-0.1, -0.05) is 13.0 Å². The van der Waals surface area contributed by atoms with Gasteiger partial charge in [-0.15, -0.1) is 0 Å². The highest BCUT2D eigenvalue weighted by Crippen LogP contribution is 2.24. The van der Waals surface area contributed by atoms with Gasteiger partial charge in [0.25, 0.3) is 0 Å². The van der Waals surface area contributed by atoms with Gasteiger partial charge in [-0.2, -0.15) is 12.7 Å². The maximum absolute atomic E-state index is 12.3. The highest BCUT2D eigenvalue weighted by molar-refractivity contribution is 7.90. The maximum Gasteiger partial charge on any atom is 0.301 e. The highest BCUT2D eigenvalue weighted by Gasteiger charge is 2.26. The molecule has 106 valence electrons. The SMILES string of the molecule is Cc1ccc(N)c(NS(=O)(=O)N2CCC(C)CC2)c1. The number of benzene rings is 1. The number of nitrogens with zero attached hydrogens (tertiary/aromatic N) is 1. The van der Waals surface area contributed by atoms with Crippen molar-refractivity contribution in [1.29, 1.82) is 0 Å². The first-order chi connectivity index (χ1) is 8.88. The van der Waals surface area contributed by atoms with Crippen molar-refractivity contribution < 1.29 is 8.42 Å². The minimum absolute atomic E-state index is 0.444. The Kier molecular flexibility index (Phi) is 4.01. The summed E-state index contributed by atoms with van der Waals surface area (Å²) in [6, 6.07) is 5.32. The smallest absolute Gasteiger partial charge is 0.301 e. The number of rotatable bonds is 3. The predicted octanol–water partition coefficient (Wildman–Crippen LogP) is 1.97. The van der Waals surface area contributed by atoms with Gasteiger partial charge in [-0.05, 0) is 43.4 Å². The van der Waals surface area contributed by atoms with Crippen LogP contribution in [0.1, 0.15) is 25.3 Å². The standard InChI is InChI=1S/C13H21N3O2S/c1-10-5-7-16(8-6-10)19(17,18)15-13-9-11(2)3-4-12(13)14/h3-4,9-10,15H,5-8,14H2,1-2H3. The molecule has 0 unspecified atom stereocenters. The summed E-state index contributed by atoms with van der Waals surface area (Å²) in [6.45, 7) is 5.19. The molecule has 1 saturated heterocycles. The van der Waals surface area contributed by atoms with Crippen molar-refractivity contribution in [2.45, 2.75) is 26.7 Å². The van der Waals surface area contributed by atoms with Crippen molar-refractivity contribution >= 4 is 21.6 Å². The van der Waals surface area contributed by atoms with Gasteiger partial charge in [-0.3, -0.25) is 4.72 Å². The second-order valence-electron chi connectivity index (χ2n) is 5.28. The molecule has 6 heteroatoms. The Balaban J connectivity index is 2.15. The molecular formula is C13H21N3O2S. The third kappa shape index (κ3) is 3.39. The summed E-state index contributed by atoms with van der Waals surface area (Å²) >= 11 is 0. The Morgan fingerprint density at radius 1 is 1.32 bits per heavy atom. The normalized spacial score (nSPS) is 18.4. The van der Waals surface area contributed by atoms with E-state index in [2.05, 4.69) is 11.6 Å². The van der Waals surface area contributed by atoms with Crippen molar-refractivity contribution in [3.63, 3.8) is 0 Å². The monoisotopic (exact) mass is 283 g/mol. The largest absolute Gasteiger partial charge is 0.397 e. The average Bonchev–Trinajstić information content (AvgIpc) is 2.34. The quantitative estimate of drug-likeness (QED) is 0.833. The zero-order valence-electron chi connectivity index (χ0n) is 11.4. The predicted molar refractivity (Wildman–Crippen MR) is 78.1 cm³/mol. The van der Waals surface area contributed by atoms with Gasteiger partial charge in [0.1, 0.15) is 0 Å². The molecule has 0 spiro atoms. The van der Waals surface area contributed by atoms with E-state index in [9.17, 15) is 8.42 Å². The fourth-order valence-electron chi connectivity index (χ4n) is 2.19. The van der Waals surface area contributed by atoms with E-state index in [4.69, 9.17) is 5.73 Å². The van der Waals surface area contributed by atoms with Gasteiger partial charge in [0.05, 0.1) is 11.4 Å². The molecule has 0 aliphatic carbocycles. The van der Waals surface area contributed by atoms with Gasteiger partial charge in [0.2, 0.25) is 0 Å². The third-order valence-electron chi connectivity index (χ3n) is 3.53. The Bertz CT molecular complexity index is 549. The summed E-state index contributed by atoms with van der Waals surface area (Å²) in [5.41, 5.74) is 7.68. The first-order valence-electron chi connectivity index (χ1n) is 6.52. The van der Waals surface area contributed by atoms with Crippen LogP contribution in [0, 0.1) is 12.8 Å². The second-order valence-corrected chi connectivity index (χ2v) is 6.95. The summed E-state index contributed by atoms with van der Waals surface area (Å²) in [5, 5.41) is 0. The van der Waals surface area contributed by atoms with Crippen LogP contribution in [0.4, 0.5) is 11.4 Å². The van der Waals surface area contributed by atoms with E-state index in [0.29, 0.717) is 30.4 Å². The molecule has 1 aliphatic rings. The molecule has 0 radical (unpaired) electrons. The molecule has 2 rings (SSSR count). The fourth-order valence-corrected chi connectivity index (χ4v) is 3.46. The van der Waals surface area contributed by atoms with Gasteiger partial charge in [-0.25, -0.2) is 0 Å². The molecule has 19 heavy (non-hydrogen) atoms. The van der Waals surface area contributed by atoms with E-state index in [-0.39, 0.29) is 0 Å². The number of nitrogens with two attached hydrogens (primary N) is 1. The van der Waals surface area contributed by atoms with E-state index in [1.165, 1.54) is 4.31 Å². The number of hydrogen-bond acceptors (Lipinski definition) is 3. The lowest BCUT2D eigenvalue weighted by molar-refractivity contribution is 0.289. The van der Waals surface area contributed by atoms with Crippen molar-refractivity contribution in [3.8, 4) is 0 Å². The molecular weight excluding hydrogens is 262 g/mol. The Labute approximate surface area is 115 Å². The van der Waals surface area contributed by atoms with Crippen LogP contribution in [-0.4, -0.2) is 25.8 Å². The third-order valence-corrected chi connectivity index (χ3v) is 5.05. The summed E-state index contributed by atoms with van der Waals surface area (Å²) in [6.07, 6.45) is 1.81. The maximum atomic E-state index is 12.3. The van der Waals surface area contributed by atoms with Crippen LogP contribution in [0.2, 0.25) is 0 Å². The molecule has 5 nitrogen and oxygen atoms in total. The van der Waals surface area contributed by atoms with E-state index in [1.807, 2.05) is 13.0 Å². The molecule has 0 atom stereocenters. The van der Waals surface area contributed by atoms with Crippen LogP contribution < -0.4 is 10.5 Å². The number of aryl methyl sites for hydroxylation is 1. The number of piperidine rings is 1. The van der Waals surface area contributed by atoms with Crippen molar-refractivity contribution in [3.05, 3.63) is 23.8 Å². The van der Waals surface area contributed by atoms with Crippen molar-refractivity contribution in [2.75, 3.05) is 23.5 Å². The molecule has 0 saturated carbocycles. The fraction of sp³-hybridized carbons (Fsp3) is 0.538. The zero-order valence-corrected chi connectivity index (χ0v) is 12.2. The lowest BCUT2D eigenvalue weighted by Gasteiger charge is -2.29. The average molecular weight is 283 g/mol. The molecule has 3 N–H and O–H groups in total. The first-order valence-corrected chi connectivity index (χ1v) is 7.96. The minimum atomic E-state index is -3.50. The second kappa shape index (κ2) is 5.38. The highest BCUT2D eigenvalue weighted by atomic mass is 32.2. The zero-order chi connectivity index (χ0) is 14.0. The summed E-state index contributed by atoms with van der Waals surface area (Å²) in [4.78, 5) is 0. The Hall–Kier alpha value is -1.27. The molecule has 1 aromatic carbocycles. The van der Waals surface area contributed by atoms with Crippen LogP contribution in [0.3, 0.4) is 0 Å². The number of nitrogen functional groups attached to an aromatic ring is 1. The van der Waals surface area contributed by atoms with Crippen LogP contribution >= 0.6 is 0 Å². The van der Waals surface area contributed by atoms with Gasteiger partial charge in [0.15, 0.2) is 0 Å². The summed E-state index contributed by atoms with van der Waals surface area (Å²) < 4.78 is 28.6. The Morgan fingerprint density at radius 2 is 1.95 bits per heavy atom. The van der Waals surface area contributed by atoms with Gasteiger partial charge >= 0.3 is 10.2 Å². The van der Waals surface area contributed by atoms with Gasteiger partial charge < -0.3 is 5.73 Å². The number of hydrogen-bond donors (Lipinski definition) is 2. The molecule has 1 heterocycles. The van der Waals surface area contributed by atoms with Crippen molar-refractivity contribution in [2.24, 2.45) is 5.92 Å². The molecule has 0 bridgehead atoms. The van der Waals surface area contributed by atoms with E-state index >= 15 is 0 Å². The minimum Gasteiger partial charge on any atom is -0.397 e. The molecule has 0 amide bonds. The van der Waals surface area contributed by atoms with E-state index < -0.39 is 10.2 Å². The number of anilines is 2. The molecule has 1 aromatic rings. The topological polar surface area (TPSA) is 75.4 Å². The first kappa shape index (κ1) is 14.1. The van der Waals surface area contributed by atoms with Crippen LogP contribution in [0.25, 0.3) is 0 Å². The van der Waals surface area contributed by atoms with E-state index in [1.54, 1.807) is 12.1 Å². The molecule has 1 aliphatic heterocycles. The Morgan fingerprint density at radius 3 is 2.58 bits per heavy atom. The summed E-state index contributed by atoms with van der Waals surface area (Å²) in [5.74, 6) is 0.593. The lowest BCUT2D eigenvalue weighted by atomic mass is 10.0. The molecule has 0 aromatic heterocycles. The number of nitrogens with one attached hydrogen (secondary N) is 1. The lowest BCUT2D eigenvalue weighted by Crippen LogP contribution is -2.41. The van der Waals surface area contributed by atoms with E-state index in [0.717, 1.165) is 18.4 Å². The van der Waals surface area contributed by atoms with Gasteiger partial charge in [0, 0.05) is 13.1 Å². The van der Waals surface area contributed by atoms with Crippen molar-refractivity contribution in [1.82, 2.24) is 4.31 Å². The van der Waals surface area contributed by atoms with Crippen LogP contribution in [0.5, 0.6) is 0 Å². The summed E-state index contributed by atoms with van der Waals surface area (Å²) in [7, 11) is -3.50. The van der Waals surface area contributed by atoms with Crippen LogP contribution in [0.15, 0.2) is 18.2 Å². The molecule has 1 fully saturated rings. The van der Waals surface area contributed by atoms with Crippen LogP contribution in [-0.2, 0) is 10.2 Å².